The van der Waals surface area contributed by atoms with Crippen LogP contribution < -0.4 is 4.74 Å². The van der Waals surface area contributed by atoms with E-state index in [0.717, 1.165) is 11.1 Å². The van der Waals surface area contributed by atoms with E-state index in [4.69, 9.17) is 4.74 Å². The molecular weight excluding hydrogens is 269 g/mol. The molecule has 0 spiro atoms. The number of pyridine rings is 1. The first-order chi connectivity index (χ1) is 10.3. The molecule has 0 unspecified atom stereocenters. The number of fused-ring (bicyclic) bond motifs is 1. The Bertz CT molecular complexity index is 774. The number of aliphatic hydroxyl groups excluding tert-OH is 1. The van der Waals surface area contributed by atoms with Crippen LogP contribution in [0, 0.1) is 5.82 Å². The van der Waals surface area contributed by atoms with Crippen molar-refractivity contribution in [3.8, 4) is 5.75 Å². The lowest BCUT2D eigenvalue weighted by Crippen LogP contribution is -2.00. The number of ether oxygens (including phenoxy) is 1. The fourth-order valence-electron chi connectivity index (χ4n) is 2.24. The minimum atomic E-state index is -0.294. The second-order valence-corrected chi connectivity index (χ2v) is 4.66. The highest BCUT2D eigenvalue weighted by Crippen LogP contribution is 2.23. The SMILES string of the molecule is OCc1ccccc1OCc1ccc(F)c2cccnc12. The molecule has 21 heavy (non-hydrogen) atoms. The van der Waals surface area contributed by atoms with Crippen molar-refractivity contribution in [1.29, 1.82) is 0 Å². The van der Waals surface area contributed by atoms with Crippen LogP contribution in [-0.4, -0.2) is 10.1 Å². The standard InChI is InChI=1S/C17H14FNO2/c18-15-8-7-13(17-14(15)5-3-9-19-17)11-21-16-6-2-1-4-12(16)10-20/h1-9,20H,10-11H2. The molecule has 1 aromatic heterocycles. The number of benzene rings is 2. The van der Waals surface area contributed by atoms with Gasteiger partial charge in [0, 0.05) is 22.7 Å². The van der Waals surface area contributed by atoms with Gasteiger partial charge in [0.05, 0.1) is 12.1 Å². The Balaban J connectivity index is 1.91. The van der Waals surface area contributed by atoms with Gasteiger partial charge in [-0.25, -0.2) is 4.39 Å². The summed E-state index contributed by atoms with van der Waals surface area (Å²) in [4.78, 5) is 4.23. The molecule has 0 atom stereocenters. The molecule has 0 aliphatic carbocycles. The largest absolute Gasteiger partial charge is 0.488 e. The molecule has 0 amide bonds. The Morgan fingerprint density at radius 2 is 1.86 bits per heavy atom. The van der Waals surface area contributed by atoms with E-state index in [2.05, 4.69) is 4.98 Å². The second-order valence-electron chi connectivity index (χ2n) is 4.66. The molecule has 0 radical (unpaired) electrons. The third-order valence-corrected chi connectivity index (χ3v) is 3.33. The Kier molecular flexibility index (Phi) is 3.79. The van der Waals surface area contributed by atoms with Crippen molar-refractivity contribution in [1.82, 2.24) is 4.98 Å². The van der Waals surface area contributed by atoms with Gasteiger partial charge in [-0.05, 0) is 24.3 Å². The Morgan fingerprint density at radius 1 is 1.00 bits per heavy atom. The molecule has 1 heterocycles. The van der Waals surface area contributed by atoms with Gasteiger partial charge in [-0.15, -0.1) is 0 Å². The van der Waals surface area contributed by atoms with Crippen LogP contribution in [0.3, 0.4) is 0 Å². The zero-order valence-electron chi connectivity index (χ0n) is 11.3. The van der Waals surface area contributed by atoms with Crippen LogP contribution in [0.1, 0.15) is 11.1 Å². The van der Waals surface area contributed by atoms with E-state index in [-0.39, 0.29) is 19.0 Å². The molecule has 3 nitrogen and oxygen atoms in total. The number of hydrogen-bond donors (Lipinski definition) is 1. The first-order valence-electron chi connectivity index (χ1n) is 6.63. The molecule has 106 valence electrons. The average molecular weight is 283 g/mol. The van der Waals surface area contributed by atoms with Gasteiger partial charge in [0.1, 0.15) is 18.2 Å². The molecule has 3 rings (SSSR count). The van der Waals surface area contributed by atoms with Crippen molar-refractivity contribution >= 4 is 10.9 Å². The molecule has 3 aromatic rings. The van der Waals surface area contributed by atoms with Gasteiger partial charge in [0.15, 0.2) is 0 Å². The number of para-hydroxylation sites is 1. The minimum absolute atomic E-state index is 0.0847. The lowest BCUT2D eigenvalue weighted by Gasteiger charge is -2.11. The van der Waals surface area contributed by atoms with Gasteiger partial charge in [0.25, 0.3) is 0 Å². The first-order valence-corrected chi connectivity index (χ1v) is 6.63. The molecule has 0 fully saturated rings. The summed E-state index contributed by atoms with van der Waals surface area (Å²) < 4.78 is 19.5. The molecule has 2 aromatic carbocycles. The van der Waals surface area contributed by atoms with Crippen molar-refractivity contribution in [3.05, 3.63) is 71.7 Å². The maximum Gasteiger partial charge on any atom is 0.132 e. The summed E-state index contributed by atoms with van der Waals surface area (Å²) in [5.74, 6) is 0.325. The number of halogens is 1. The van der Waals surface area contributed by atoms with Crippen LogP contribution in [0.2, 0.25) is 0 Å². The van der Waals surface area contributed by atoms with E-state index in [9.17, 15) is 9.50 Å². The fraction of sp³-hybridized carbons (Fsp3) is 0.118. The van der Waals surface area contributed by atoms with Crippen LogP contribution in [0.15, 0.2) is 54.7 Å². The summed E-state index contributed by atoms with van der Waals surface area (Å²) in [5.41, 5.74) is 2.12. The van der Waals surface area contributed by atoms with Crippen LogP contribution in [-0.2, 0) is 13.2 Å². The van der Waals surface area contributed by atoms with Crippen LogP contribution in [0.5, 0.6) is 5.75 Å². The van der Waals surface area contributed by atoms with E-state index in [1.165, 1.54) is 6.07 Å². The number of rotatable bonds is 4. The van der Waals surface area contributed by atoms with E-state index in [1.807, 2.05) is 12.1 Å². The van der Waals surface area contributed by atoms with E-state index in [0.29, 0.717) is 16.7 Å². The predicted molar refractivity (Wildman–Crippen MR) is 78.4 cm³/mol. The monoisotopic (exact) mass is 283 g/mol. The molecule has 0 aliphatic rings. The summed E-state index contributed by atoms with van der Waals surface area (Å²) >= 11 is 0. The first kappa shape index (κ1) is 13.5. The highest BCUT2D eigenvalue weighted by Gasteiger charge is 2.08. The number of aromatic nitrogens is 1. The van der Waals surface area contributed by atoms with Gasteiger partial charge in [-0.2, -0.15) is 0 Å². The summed E-state index contributed by atoms with van der Waals surface area (Å²) in [6.45, 7) is 0.184. The third kappa shape index (κ3) is 2.71. The summed E-state index contributed by atoms with van der Waals surface area (Å²) in [6.07, 6.45) is 1.63. The number of nitrogens with zero attached hydrogens (tertiary/aromatic N) is 1. The Labute approximate surface area is 121 Å². The topological polar surface area (TPSA) is 42.4 Å². The quantitative estimate of drug-likeness (QED) is 0.797. The van der Waals surface area contributed by atoms with Gasteiger partial charge >= 0.3 is 0 Å². The average Bonchev–Trinajstić information content (AvgIpc) is 2.55. The van der Waals surface area contributed by atoms with Crippen LogP contribution in [0.25, 0.3) is 10.9 Å². The van der Waals surface area contributed by atoms with E-state index < -0.39 is 0 Å². The zero-order chi connectivity index (χ0) is 14.7. The summed E-state index contributed by atoms with van der Waals surface area (Å²) in [7, 11) is 0. The minimum Gasteiger partial charge on any atom is -0.488 e. The van der Waals surface area contributed by atoms with Crippen molar-refractivity contribution in [2.45, 2.75) is 13.2 Å². The summed E-state index contributed by atoms with van der Waals surface area (Å²) in [6, 6.07) is 13.8. The Morgan fingerprint density at radius 3 is 2.71 bits per heavy atom. The number of hydrogen-bond acceptors (Lipinski definition) is 3. The van der Waals surface area contributed by atoms with Crippen molar-refractivity contribution in [2.24, 2.45) is 0 Å². The fourth-order valence-corrected chi connectivity index (χ4v) is 2.24. The van der Waals surface area contributed by atoms with Gasteiger partial charge in [-0.3, -0.25) is 4.98 Å². The second kappa shape index (κ2) is 5.89. The third-order valence-electron chi connectivity index (χ3n) is 3.33. The van der Waals surface area contributed by atoms with Crippen molar-refractivity contribution in [2.75, 3.05) is 0 Å². The molecule has 0 bridgehead atoms. The highest BCUT2D eigenvalue weighted by atomic mass is 19.1. The normalized spacial score (nSPS) is 10.8. The summed E-state index contributed by atoms with van der Waals surface area (Å²) in [5, 5.41) is 9.76. The van der Waals surface area contributed by atoms with Gasteiger partial charge < -0.3 is 9.84 Å². The molecular formula is C17H14FNO2. The highest BCUT2D eigenvalue weighted by molar-refractivity contribution is 5.82. The van der Waals surface area contributed by atoms with Crippen LogP contribution in [0.4, 0.5) is 4.39 Å². The molecule has 4 heteroatoms. The van der Waals surface area contributed by atoms with Gasteiger partial charge in [-0.1, -0.05) is 24.3 Å². The lowest BCUT2D eigenvalue weighted by atomic mass is 10.1. The van der Waals surface area contributed by atoms with Crippen LogP contribution >= 0.6 is 0 Å². The maximum atomic E-state index is 13.7. The zero-order valence-corrected chi connectivity index (χ0v) is 11.3. The van der Waals surface area contributed by atoms with Crippen molar-refractivity contribution in [3.63, 3.8) is 0 Å². The smallest absolute Gasteiger partial charge is 0.132 e. The molecule has 0 aliphatic heterocycles. The predicted octanol–water partition coefficient (Wildman–Crippen LogP) is 3.45. The molecule has 1 N–H and O–H groups in total. The van der Waals surface area contributed by atoms with E-state index >= 15 is 0 Å². The van der Waals surface area contributed by atoms with Gasteiger partial charge in [0.2, 0.25) is 0 Å². The molecule has 0 saturated heterocycles. The maximum absolute atomic E-state index is 13.7. The Hall–Kier alpha value is -2.46. The molecule has 0 saturated carbocycles. The lowest BCUT2D eigenvalue weighted by molar-refractivity contribution is 0.259. The number of aliphatic hydroxyl groups is 1. The van der Waals surface area contributed by atoms with Crippen molar-refractivity contribution < 1.29 is 14.2 Å². The van der Waals surface area contributed by atoms with E-state index in [1.54, 1.807) is 36.5 Å².